The first-order valence-corrected chi connectivity index (χ1v) is 6.18. The molecule has 0 saturated heterocycles. The lowest BCUT2D eigenvalue weighted by atomic mass is 9.77. The smallest absolute Gasteiger partial charge is 0.407 e. The summed E-state index contributed by atoms with van der Waals surface area (Å²) in [5.74, 6) is 0. The van der Waals surface area contributed by atoms with Crippen molar-refractivity contribution in [3.8, 4) is 0 Å². The maximum absolute atomic E-state index is 11.4. The van der Waals surface area contributed by atoms with Crippen LogP contribution < -0.4 is 5.73 Å². The third-order valence-electron chi connectivity index (χ3n) is 3.46. The summed E-state index contributed by atoms with van der Waals surface area (Å²) in [5.41, 5.74) is 8.64. The first-order valence-electron chi connectivity index (χ1n) is 6.18. The van der Waals surface area contributed by atoms with Crippen molar-refractivity contribution in [1.29, 1.82) is 0 Å². The zero-order chi connectivity index (χ0) is 13.5. The van der Waals surface area contributed by atoms with E-state index in [-0.39, 0.29) is 11.5 Å². The van der Waals surface area contributed by atoms with Crippen molar-refractivity contribution >= 4 is 11.8 Å². The van der Waals surface area contributed by atoms with E-state index in [1.54, 1.807) is 0 Å². The molecule has 1 aliphatic heterocycles. The summed E-state index contributed by atoms with van der Waals surface area (Å²) in [7, 11) is 0. The first kappa shape index (κ1) is 12.7. The molecule has 0 unspecified atom stereocenters. The normalized spacial score (nSPS) is 19.5. The molecule has 1 aromatic carbocycles. The Bertz CT molecular complexity index is 477. The zero-order valence-electron chi connectivity index (χ0n) is 11.1. The molecule has 1 atom stereocenters. The topological polar surface area (TPSA) is 66.6 Å². The fourth-order valence-electron chi connectivity index (χ4n) is 2.77. The van der Waals surface area contributed by atoms with Crippen molar-refractivity contribution < 1.29 is 9.90 Å². The molecule has 0 spiro atoms. The Morgan fingerprint density at radius 1 is 1.44 bits per heavy atom. The summed E-state index contributed by atoms with van der Waals surface area (Å²) >= 11 is 0. The van der Waals surface area contributed by atoms with Crippen molar-refractivity contribution in [3.05, 3.63) is 29.3 Å². The van der Waals surface area contributed by atoms with Gasteiger partial charge in [0.05, 0.1) is 6.04 Å². The molecule has 3 N–H and O–H groups in total. The lowest BCUT2D eigenvalue weighted by Crippen LogP contribution is -2.44. The third-order valence-corrected chi connectivity index (χ3v) is 3.46. The minimum absolute atomic E-state index is 0.137. The van der Waals surface area contributed by atoms with Crippen LogP contribution in [0.4, 0.5) is 10.5 Å². The number of hydrogen-bond acceptors (Lipinski definition) is 2. The summed E-state index contributed by atoms with van der Waals surface area (Å²) < 4.78 is 0. The Hall–Kier alpha value is -1.71. The van der Waals surface area contributed by atoms with Gasteiger partial charge in [-0.2, -0.15) is 0 Å². The van der Waals surface area contributed by atoms with Gasteiger partial charge in [-0.1, -0.05) is 26.8 Å². The number of nitrogens with zero attached hydrogens (tertiary/aromatic N) is 1. The van der Waals surface area contributed by atoms with Crippen molar-refractivity contribution in [3.63, 3.8) is 0 Å². The number of benzene rings is 1. The molecule has 0 radical (unpaired) electrons. The molecule has 1 aliphatic rings. The average Bonchev–Trinajstić information content (AvgIpc) is 2.25. The molecule has 4 heteroatoms. The van der Waals surface area contributed by atoms with E-state index in [1.165, 1.54) is 10.5 Å². The molecule has 0 saturated carbocycles. The van der Waals surface area contributed by atoms with Gasteiger partial charge in [-0.15, -0.1) is 0 Å². The van der Waals surface area contributed by atoms with E-state index in [0.29, 0.717) is 12.2 Å². The fourth-order valence-corrected chi connectivity index (χ4v) is 2.77. The maximum Gasteiger partial charge on any atom is 0.407 e. The molecule has 0 bridgehead atoms. The minimum Gasteiger partial charge on any atom is -0.465 e. The quantitative estimate of drug-likeness (QED) is 0.694. The largest absolute Gasteiger partial charge is 0.465 e. The molecular weight excluding hydrogens is 228 g/mol. The number of carbonyl (C=O) groups is 1. The van der Waals surface area contributed by atoms with Crippen LogP contribution in [0.25, 0.3) is 0 Å². The van der Waals surface area contributed by atoms with Gasteiger partial charge in [0.15, 0.2) is 0 Å². The number of amides is 1. The Morgan fingerprint density at radius 3 is 2.67 bits per heavy atom. The third kappa shape index (κ3) is 2.15. The van der Waals surface area contributed by atoms with E-state index in [2.05, 4.69) is 20.8 Å². The highest BCUT2D eigenvalue weighted by Gasteiger charge is 2.38. The molecule has 0 aliphatic carbocycles. The Kier molecular flexibility index (Phi) is 2.97. The summed E-state index contributed by atoms with van der Waals surface area (Å²) in [4.78, 5) is 12.9. The van der Waals surface area contributed by atoms with Crippen LogP contribution in [-0.4, -0.2) is 22.6 Å². The highest BCUT2D eigenvalue weighted by Crippen LogP contribution is 2.42. The van der Waals surface area contributed by atoms with Crippen LogP contribution in [0.15, 0.2) is 18.2 Å². The summed E-state index contributed by atoms with van der Waals surface area (Å²) in [6, 6.07) is 5.68. The standard InChI is InChI=1S/C14H20N2O2/c1-14(2,3)12-11-8-10(15)5-4-9(11)6-7-16(12)13(17)18/h4-5,8,12H,6-7,15H2,1-3H3,(H,17,18)/t12-/m1/s1. The van der Waals surface area contributed by atoms with E-state index in [0.717, 1.165) is 12.0 Å². The van der Waals surface area contributed by atoms with Gasteiger partial charge < -0.3 is 15.7 Å². The van der Waals surface area contributed by atoms with E-state index >= 15 is 0 Å². The molecular formula is C14H20N2O2. The Morgan fingerprint density at radius 2 is 2.11 bits per heavy atom. The number of nitrogen functional groups attached to an aromatic ring is 1. The fraction of sp³-hybridized carbons (Fsp3) is 0.500. The van der Waals surface area contributed by atoms with E-state index in [9.17, 15) is 9.90 Å². The Balaban J connectivity index is 2.55. The number of anilines is 1. The molecule has 1 aromatic rings. The average molecular weight is 248 g/mol. The lowest BCUT2D eigenvalue weighted by molar-refractivity contribution is 0.0759. The highest BCUT2D eigenvalue weighted by molar-refractivity contribution is 5.67. The zero-order valence-corrected chi connectivity index (χ0v) is 11.1. The first-order chi connectivity index (χ1) is 8.30. The number of nitrogens with two attached hydrogens (primary N) is 1. The van der Waals surface area contributed by atoms with Crippen LogP contribution in [-0.2, 0) is 6.42 Å². The van der Waals surface area contributed by atoms with Gasteiger partial charge in [0.25, 0.3) is 0 Å². The van der Waals surface area contributed by atoms with Crippen LogP contribution in [0.3, 0.4) is 0 Å². The summed E-state index contributed by atoms with van der Waals surface area (Å²) in [5, 5.41) is 9.36. The number of carboxylic acid groups (broad SMARTS) is 1. The van der Waals surface area contributed by atoms with Crippen molar-refractivity contribution in [2.45, 2.75) is 33.2 Å². The van der Waals surface area contributed by atoms with Crippen LogP contribution in [0.1, 0.15) is 37.9 Å². The molecule has 0 aromatic heterocycles. The van der Waals surface area contributed by atoms with Crippen molar-refractivity contribution in [1.82, 2.24) is 4.90 Å². The molecule has 2 rings (SSSR count). The van der Waals surface area contributed by atoms with E-state index in [1.807, 2.05) is 18.2 Å². The Labute approximate surface area is 107 Å². The molecule has 4 nitrogen and oxygen atoms in total. The van der Waals surface area contributed by atoms with Crippen LogP contribution in [0.5, 0.6) is 0 Å². The monoisotopic (exact) mass is 248 g/mol. The number of hydrogen-bond donors (Lipinski definition) is 2. The second-order valence-corrected chi connectivity index (χ2v) is 5.95. The second-order valence-electron chi connectivity index (χ2n) is 5.95. The number of fused-ring (bicyclic) bond motifs is 1. The van der Waals surface area contributed by atoms with Gasteiger partial charge in [0.1, 0.15) is 0 Å². The van der Waals surface area contributed by atoms with Crippen LogP contribution >= 0.6 is 0 Å². The summed E-state index contributed by atoms with van der Waals surface area (Å²) in [6.45, 7) is 6.73. The van der Waals surface area contributed by atoms with Gasteiger partial charge in [-0.25, -0.2) is 4.79 Å². The van der Waals surface area contributed by atoms with Gasteiger partial charge in [-0.3, -0.25) is 0 Å². The number of rotatable bonds is 0. The van der Waals surface area contributed by atoms with E-state index in [4.69, 9.17) is 5.73 Å². The van der Waals surface area contributed by atoms with Gasteiger partial charge in [-0.05, 0) is 35.1 Å². The predicted octanol–water partition coefficient (Wildman–Crippen LogP) is 2.89. The molecule has 1 heterocycles. The van der Waals surface area contributed by atoms with Crippen molar-refractivity contribution in [2.75, 3.05) is 12.3 Å². The second kappa shape index (κ2) is 4.19. The van der Waals surface area contributed by atoms with Gasteiger partial charge in [0, 0.05) is 12.2 Å². The maximum atomic E-state index is 11.4. The van der Waals surface area contributed by atoms with Crippen LogP contribution in [0.2, 0.25) is 0 Å². The molecule has 98 valence electrons. The molecule has 1 amide bonds. The molecule has 18 heavy (non-hydrogen) atoms. The minimum atomic E-state index is -0.858. The SMILES string of the molecule is CC(C)(C)[C@H]1c2cc(N)ccc2CCN1C(=O)O. The van der Waals surface area contributed by atoms with Crippen LogP contribution in [0, 0.1) is 5.41 Å². The van der Waals surface area contributed by atoms with Crippen molar-refractivity contribution in [2.24, 2.45) is 5.41 Å². The van der Waals surface area contributed by atoms with Gasteiger partial charge >= 0.3 is 6.09 Å². The predicted molar refractivity (Wildman–Crippen MR) is 71.5 cm³/mol. The van der Waals surface area contributed by atoms with Gasteiger partial charge in [0.2, 0.25) is 0 Å². The highest BCUT2D eigenvalue weighted by atomic mass is 16.4. The lowest BCUT2D eigenvalue weighted by Gasteiger charge is -2.43. The molecule has 0 fully saturated rings. The summed E-state index contributed by atoms with van der Waals surface area (Å²) in [6.07, 6.45) is -0.0999. The van der Waals surface area contributed by atoms with E-state index < -0.39 is 6.09 Å².